The average Bonchev–Trinajstić information content (AvgIpc) is 2.93. The minimum absolute atomic E-state index is 0. The number of aryl methyl sites for hydroxylation is 2. The lowest BCUT2D eigenvalue weighted by atomic mass is 9.79. The van der Waals surface area contributed by atoms with E-state index >= 15 is 0 Å². The fourth-order valence-corrected chi connectivity index (χ4v) is 3.31. The smallest absolute Gasteiger partial charge is 0.254 e. The molecule has 7 heteroatoms. The van der Waals surface area contributed by atoms with Gasteiger partial charge in [-0.05, 0) is 43.9 Å². The Bertz CT molecular complexity index is 784. The molecular formula is C20H28ClN3O3. The van der Waals surface area contributed by atoms with Crippen molar-refractivity contribution in [2.24, 2.45) is 11.1 Å². The zero-order valence-corrected chi connectivity index (χ0v) is 17.1. The molecule has 1 fully saturated rings. The third-order valence-electron chi connectivity index (χ3n) is 5.24. The van der Waals surface area contributed by atoms with Crippen molar-refractivity contribution in [3.8, 4) is 5.75 Å². The summed E-state index contributed by atoms with van der Waals surface area (Å²) in [4.78, 5) is 14.8. The summed E-state index contributed by atoms with van der Waals surface area (Å²) in [5.41, 5.74) is 8.49. The molecule has 1 saturated heterocycles. The molecule has 0 saturated carbocycles. The number of carbonyl (C=O) groups excluding carboxylic acids is 1. The Balaban J connectivity index is 0.00000261. The van der Waals surface area contributed by atoms with E-state index in [0.29, 0.717) is 31.0 Å². The number of hydrogen-bond acceptors (Lipinski definition) is 5. The highest BCUT2D eigenvalue weighted by Gasteiger charge is 2.35. The highest BCUT2D eigenvalue weighted by molar-refractivity contribution is 5.94. The first-order chi connectivity index (χ1) is 12.3. The molecule has 27 heavy (non-hydrogen) atoms. The second kappa shape index (κ2) is 8.31. The van der Waals surface area contributed by atoms with Gasteiger partial charge in [0, 0.05) is 24.7 Å². The molecule has 148 valence electrons. The highest BCUT2D eigenvalue weighted by Crippen LogP contribution is 2.29. The second-order valence-electron chi connectivity index (χ2n) is 7.73. The highest BCUT2D eigenvalue weighted by atomic mass is 35.5. The van der Waals surface area contributed by atoms with Gasteiger partial charge in [0.1, 0.15) is 18.1 Å². The van der Waals surface area contributed by atoms with Crippen LogP contribution in [-0.2, 0) is 6.61 Å². The number of halogens is 1. The maximum absolute atomic E-state index is 12.9. The summed E-state index contributed by atoms with van der Waals surface area (Å²) in [7, 11) is 0. The Hall–Kier alpha value is -2.05. The van der Waals surface area contributed by atoms with Gasteiger partial charge >= 0.3 is 0 Å². The van der Waals surface area contributed by atoms with Crippen LogP contribution in [0.25, 0.3) is 0 Å². The van der Waals surface area contributed by atoms with E-state index in [4.69, 9.17) is 15.0 Å². The number of nitrogens with two attached hydrogens (primary N) is 1. The van der Waals surface area contributed by atoms with Crippen molar-refractivity contribution in [1.82, 2.24) is 10.1 Å². The maximum atomic E-state index is 12.9. The van der Waals surface area contributed by atoms with Gasteiger partial charge in [0.05, 0.1) is 11.3 Å². The topological polar surface area (TPSA) is 81.6 Å². The first kappa shape index (κ1) is 21.3. The fraction of sp³-hybridized carbons (Fsp3) is 0.500. The number of carbonyl (C=O) groups is 1. The molecule has 2 heterocycles. The lowest BCUT2D eigenvalue weighted by Gasteiger charge is -2.42. The number of hydrogen-bond donors (Lipinski definition) is 1. The van der Waals surface area contributed by atoms with Gasteiger partial charge in [-0.25, -0.2) is 0 Å². The first-order valence-electron chi connectivity index (χ1n) is 8.97. The van der Waals surface area contributed by atoms with E-state index in [1.807, 2.05) is 36.9 Å². The Kier molecular flexibility index (Phi) is 6.54. The van der Waals surface area contributed by atoms with Crippen LogP contribution in [0.3, 0.4) is 0 Å². The zero-order chi connectivity index (χ0) is 18.9. The summed E-state index contributed by atoms with van der Waals surface area (Å²) in [6, 6.07) is 7.44. The van der Waals surface area contributed by atoms with Crippen LogP contribution in [0.15, 0.2) is 28.8 Å². The monoisotopic (exact) mass is 393 g/mol. The van der Waals surface area contributed by atoms with Crippen molar-refractivity contribution in [3.05, 3.63) is 46.8 Å². The van der Waals surface area contributed by atoms with Crippen LogP contribution in [-0.4, -0.2) is 35.1 Å². The molecule has 2 N–H and O–H groups in total. The molecule has 6 nitrogen and oxygen atoms in total. The average molecular weight is 394 g/mol. The van der Waals surface area contributed by atoms with Gasteiger partial charge in [-0.1, -0.05) is 25.1 Å². The van der Waals surface area contributed by atoms with E-state index < -0.39 is 0 Å². The predicted molar refractivity (Wildman–Crippen MR) is 106 cm³/mol. The Morgan fingerprint density at radius 3 is 2.78 bits per heavy atom. The van der Waals surface area contributed by atoms with E-state index in [1.165, 1.54) is 0 Å². The van der Waals surface area contributed by atoms with Crippen molar-refractivity contribution in [2.45, 2.75) is 46.8 Å². The summed E-state index contributed by atoms with van der Waals surface area (Å²) in [5, 5.41) is 3.93. The first-order valence-corrected chi connectivity index (χ1v) is 8.97. The van der Waals surface area contributed by atoms with Gasteiger partial charge in [-0.3, -0.25) is 4.79 Å². The van der Waals surface area contributed by atoms with E-state index in [9.17, 15) is 4.79 Å². The normalized spacial score (nSPS) is 18.7. The van der Waals surface area contributed by atoms with E-state index in [1.54, 1.807) is 6.07 Å². The molecule has 1 amide bonds. The lowest BCUT2D eigenvalue weighted by molar-refractivity contribution is 0.0532. The Morgan fingerprint density at radius 1 is 1.41 bits per heavy atom. The van der Waals surface area contributed by atoms with E-state index in [2.05, 4.69) is 19.0 Å². The Labute approximate surface area is 166 Å². The minimum atomic E-state index is -0.0780. The third-order valence-corrected chi connectivity index (χ3v) is 5.24. The van der Waals surface area contributed by atoms with Gasteiger partial charge in [-0.15, -0.1) is 12.4 Å². The number of ether oxygens (including phenoxy) is 1. The number of rotatable bonds is 4. The van der Waals surface area contributed by atoms with Crippen molar-refractivity contribution >= 4 is 18.3 Å². The molecular weight excluding hydrogens is 366 g/mol. The molecule has 0 bridgehead atoms. The second-order valence-corrected chi connectivity index (χ2v) is 7.73. The Morgan fingerprint density at radius 2 is 2.15 bits per heavy atom. The van der Waals surface area contributed by atoms with Crippen LogP contribution >= 0.6 is 12.4 Å². The van der Waals surface area contributed by atoms with E-state index in [0.717, 1.165) is 23.4 Å². The summed E-state index contributed by atoms with van der Waals surface area (Å²) < 4.78 is 11.0. The molecule has 1 atom stereocenters. The van der Waals surface area contributed by atoms with Crippen molar-refractivity contribution in [2.75, 3.05) is 13.1 Å². The fourth-order valence-electron chi connectivity index (χ4n) is 3.31. The molecule has 2 aromatic rings. The van der Waals surface area contributed by atoms with Gasteiger partial charge in [0.25, 0.3) is 5.91 Å². The molecule has 1 aromatic carbocycles. The molecule has 0 spiro atoms. The van der Waals surface area contributed by atoms with Crippen LogP contribution < -0.4 is 10.5 Å². The standard InChI is InChI=1S/C20H27N3O3.ClH/c1-13-17(14(2)26-22-13)11-25-16-7-5-6-15(10-16)19(24)23-9-8-18(21)20(3,4)12-23;/h5-7,10,18H,8-9,11-12,21H2,1-4H3;1H. The van der Waals surface area contributed by atoms with Crippen molar-refractivity contribution in [3.63, 3.8) is 0 Å². The van der Waals surface area contributed by atoms with Crippen molar-refractivity contribution < 1.29 is 14.1 Å². The van der Waals surface area contributed by atoms with Gasteiger partial charge < -0.3 is 19.9 Å². The largest absolute Gasteiger partial charge is 0.489 e. The summed E-state index contributed by atoms with van der Waals surface area (Å²) in [6.45, 7) is 9.69. The summed E-state index contributed by atoms with van der Waals surface area (Å²) in [5.74, 6) is 1.43. The minimum Gasteiger partial charge on any atom is -0.489 e. The molecule has 1 aromatic heterocycles. The number of benzene rings is 1. The molecule has 3 rings (SSSR count). The maximum Gasteiger partial charge on any atom is 0.254 e. The molecule has 0 aliphatic carbocycles. The van der Waals surface area contributed by atoms with Gasteiger partial charge in [0.2, 0.25) is 0 Å². The number of aromatic nitrogens is 1. The van der Waals surface area contributed by atoms with Crippen LogP contribution in [0.2, 0.25) is 0 Å². The quantitative estimate of drug-likeness (QED) is 0.859. The van der Waals surface area contributed by atoms with E-state index in [-0.39, 0.29) is 29.8 Å². The van der Waals surface area contributed by atoms with Crippen molar-refractivity contribution in [1.29, 1.82) is 0 Å². The molecule has 1 unspecified atom stereocenters. The molecule has 1 aliphatic rings. The van der Waals surface area contributed by atoms with Crippen LogP contribution in [0.1, 0.15) is 47.6 Å². The van der Waals surface area contributed by atoms with Crippen LogP contribution in [0.4, 0.5) is 0 Å². The van der Waals surface area contributed by atoms with Gasteiger partial charge in [-0.2, -0.15) is 0 Å². The molecule has 0 radical (unpaired) electrons. The lowest BCUT2D eigenvalue weighted by Crippen LogP contribution is -2.53. The number of likely N-dealkylation sites (tertiary alicyclic amines) is 1. The number of amides is 1. The SMILES string of the molecule is Cc1noc(C)c1COc1cccc(C(=O)N2CCC(N)C(C)(C)C2)c1.Cl. The summed E-state index contributed by atoms with van der Waals surface area (Å²) in [6.07, 6.45) is 0.820. The number of piperidine rings is 1. The third kappa shape index (κ3) is 4.62. The summed E-state index contributed by atoms with van der Waals surface area (Å²) >= 11 is 0. The number of nitrogens with zero attached hydrogens (tertiary/aromatic N) is 2. The van der Waals surface area contributed by atoms with Gasteiger partial charge in [0.15, 0.2) is 0 Å². The predicted octanol–water partition coefficient (Wildman–Crippen LogP) is 3.49. The molecule has 1 aliphatic heterocycles. The van der Waals surface area contributed by atoms with Crippen LogP contribution in [0, 0.1) is 19.3 Å². The zero-order valence-electron chi connectivity index (χ0n) is 16.3. The van der Waals surface area contributed by atoms with Crippen LogP contribution in [0.5, 0.6) is 5.75 Å².